The van der Waals surface area contributed by atoms with Crippen LogP contribution in [0.5, 0.6) is 0 Å². The minimum absolute atomic E-state index is 0.159. The van der Waals surface area contributed by atoms with E-state index in [0.29, 0.717) is 12.8 Å². The van der Waals surface area contributed by atoms with Crippen LogP contribution in [0.15, 0.2) is 0 Å². The maximum absolute atomic E-state index is 11.6. The molecule has 0 aromatic rings. The van der Waals surface area contributed by atoms with E-state index in [1.165, 1.54) is 0 Å². The molecule has 0 aromatic heterocycles. The van der Waals surface area contributed by atoms with Crippen molar-refractivity contribution >= 4 is 13.3 Å². The van der Waals surface area contributed by atoms with Crippen LogP contribution in [0.25, 0.3) is 0 Å². The van der Waals surface area contributed by atoms with Gasteiger partial charge in [-0.05, 0) is 12.8 Å². The number of hydrogen-bond acceptors (Lipinski definition) is 4. The van der Waals surface area contributed by atoms with Gasteiger partial charge in [-0.15, -0.1) is 0 Å². The van der Waals surface area contributed by atoms with Crippen LogP contribution < -0.4 is 0 Å². The topological polar surface area (TPSA) is 72.8 Å². The van der Waals surface area contributed by atoms with Gasteiger partial charge in [-0.2, -0.15) is 0 Å². The van der Waals surface area contributed by atoms with Crippen LogP contribution in [0.2, 0.25) is 0 Å². The summed E-state index contributed by atoms with van der Waals surface area (Å²) in [5.41, 5.74) is -1.50. The van der Waals surface area contributed by atoms with Crippen molar-refractivity contribution in [2.75, 3.05) is 13.2 Å². The first-order valence-electron chi connectivity index (χ1n) is 5.19. The van der Waals surface area contributed by atoms with Crippen LogP contribution in [0.4, 0.5) is 4.79 Å². The summed E-state index contributed by atoms with van der Waals surface area (Å²) in [5, 5.41) is 8.72. The number of carbonyl (C=O) groups is 1. The molecule has 0 aliphatic heterocycles. The van der Waals surface area contributed by atoms with Gasteiger partial charge in [-0.3, -0.25) is 0 Å². The molecule has 0 aromatic carbocycles. The van der Waals surface area contributed by atoms with Crippen molar-refractivity contribution in [2.45, 2.75) is 39.5 Å². The number of rotatable bonds is 9. The first-order valence-corrected chi connectivity index (χ1v) is 6.73. The maximum Gasteiger partial charge on any atom is 0.438 e. The Morgan fingerprint density at radius 1 is 1.13 bits per heavy atom. The third-order valence-electron chi connectivity index (χ3n) is 1.75. The molecular formula is C9H19O5P. The predicted molar refractivity (Wildman–Crippen MR) is 57.4 cm³/mol. The van der Waals surface area contributed by atoms with Gasteiger partial charge in [0.05, 0.1) is 13.2 Å². The lowest BCUT2D eigenvalue weighted by atomic mass is 10.4. The van der Waals surface area contributed by atoms with E-state index in [4.69, 9.17) is 14.2 Å². The van der Waals surface area contributed by atoms with Crippen LogP contribution in [0.1, 0.15) is 39.5 Å². The van der Waals surface area contributed by atoms with E-state index >= 15 is 0 Å². The van der Waals surface area contributed by atoms with E-state index in [0.717, 1.165) is 12.8 Å². The largest absolute Gasteiger partial charge is 0.472 e. The second kappa shape index (κ2) is 7.85. The molecule has 90 valence electrons. The van der Waals surface area contributed by atoms with Crippen molar-refractivity contribution in [1.82, 2.24) is 0 Å². The summed E-state index contributed by atoms with van der Waals surface area (Å²) >= 11 is 0. The quantitative estimate of drug-likeness (QED) is 0.491. The fourth-order valence-electron chi connectivity index (χ4n) is 0.806. The third kappa shape index (κ3) is 5.92. The number of hydrogen-bond donors (Lipinski definition) is 1. The van der Waals surface area contributed by atoms with E-state index in [1.807, 2.05) is 13.8 Å². The lowest BCUT2D eigenvalue weighted by molar-refractivity contribution is 0.172. The highest BCUT2D eigenvalue weighted by atomic mass is 31.2. The van der Waals surface area contributed by atoms with Crippen LogP contribution in [0.3, 0.4) is 0 Å². The molecule has 0 radical (unpaired) electrons. The van der Waals surface area contributed by atoms with E-state index < -0.39 is 13.3 Å². The number of carboxylic acid groups (broad SMARTS) is 1. The standard InChI is InChI=1S/C9H19O5P/c1-3-5-7-13-15(12,9(10)11)14-8-6-4-2/h3-8H2,1-2H3,(H,10,11). The van der Waals surface area contributed by atoms with E-state index in [2.05, 4.69) is 0 Å². The highest BCUT2D eigenvalue weighted by Crippen LogP contribution is 2.49. The monoisotopic (exact) mass is 238 g/mol. The molecule has 0 amide bonds. The predicted octanol–water partition coefficient (Wildman–Crippen LogP) is 3.49. The zero-order chi connectivity index (χ0) is 11.7. The van der Waals surface area contributed by atoms with E-state index in [9.17, 15) is 9.36 Å². The lowest BCUT2D eigenvalue weighted by Gasteiger charge is -2.13. The molecule has 0 aliphatic carbocycles. The van der Waals surface area contributed by atoms with Crippen molar-refractivity contribution in [1.29, 1.82) is 0 Å². The molecule has 6 heteroatoms. The summed E-state index contributed by atoms with van der Waals surface area (Å²) in [4.78, 5) is 10.7. The Morgan fingerprint density at radius 3 is 1.80 bits per heavy atom. The average Bonchev–Trinajstić information content (AvgIpc) is 2.18. The molecule has 0 aliphatic rings. The molecule has 0 unspecified atom stereocenters. The fourth-order valence-corrected chi connectivity index (χ4v) is 1.84. The van der Waals surface area contributed by atoms with Gasteiger partial charge in [0.1, 0.15) is 0 Å². The summed E-state index contributed by atoms with van der Waals surface area (Å²) in [6.45, 7) is 4.19. The third-order valence-corrected chi connectivity index (χ3v) is 3.27. The van der Waals surface area contributed by atoms with Crippen LogP contribution in [-0.4, -0.2) is 24.0 Å². The van der Waals surface area contributed by atoms with Crippen molar-refractivity contribution in [2.24, 2.45) is 0 Å². The molecular weight excluding hydrogens is 219 g/mol. The number of unbranched alkanes of at least 4 members (excludes halogenated alkanes) is 2. The van der Waals surface area contributed by atoms with Crippen LogP contribution >= 0.6 is 7.60 Å². The minimum atomic E-state index is -3.93. The molecule has 15 heavy (non-hydrogen) atoms. The first-order chi connectivity index (χ1) is 7.06. The van der Waals surface area contributed by atoms with Gasteiger partial charge in [0.15, 0.2) is 0 Å². The van der Waals surface area contributed by atoms with Gasteiger partial charge in [0, 0.05) is 0 Å². The zero-order valence-corrected chi connectivity index (χ0v) is 10.2. The van der Waals surface area contributed by atoms with E-state index in [1.54, 1.807) is 0 Å². The van der Waals surface area contributed by atoms with Crippen molar-refractivity contribution < 1.29 is 23.5 Å². The van der Waals surface area contributed by atoms with Crippen LogP contribution in [-0.2, 0) is 13.6 Å². The second-order valence-corrected chi connectivity index (χ2v) is 5.05. The Kier molecular flexibility index (Phi) is 7.65. The Morgan fingerprint density at radius 2 is 1.53 bits per heavy atom. The molecule has 0 saturated carbocycles. The van der Waals surface area contributed by atoms with Gasteiger partial charge in [0.2, 0.25) is 0 Å². The van der Waals surface area contributed by atoms with Gasteiger partial charge in [0.25, 0.3) is 0 Å². The highest BCUT2D eigenvalue weighted by molar-refractivity contribution is 7.71. The van der Waals surface area contributed by atoms with Gasteiger partial charge in [-0.1, -0.05) is 26.7 Å². The summed E-state index contributed by atoms with van der Waals surface area (Å²) in [7, 11) is -3.93. The van der Waals surface area contributed by atoms with E-state index in [-0.39, 0.29) is 13.2 Å². The average molecular weight is 238 g/mol. The molecule has 0 heterocycles. The van der Waals surface area contributed by atoms with Gasteiger partial charge in [-0.25, -0.2) is 9.36 Å². The molecule has 0 saturated heterocycles. The molecule has 0 fully saturated rings. The Bertz CT molecular complexity index is 215. The fraction of sp³-hybridized carbons (Fsp3) is 0.889. The van der Waals surface area contributed by atoms with Crippen molar-refractivity contribution in [3.05, 3.63) is 0 Å². The van der Waals surface area contributed by atoms with Crippen molar-refractivity contribution in [3.8, 4) is 0 Å². The highest BCUT2D eigenvalue weighted by Gasteiger charge is 2.34. The smallest absolute Gasteiger partial charge is 0.438 e. The molecule has 0 spiro atoms. The maximum atomic E-state index is 11.6. The normalized spacial score (nSPS) is 11.6. The molecule has 0 atom stereocenters. The summed E-state index contributed by atoms with van der Waals surface area (Å²) < 4.78 is 21.2. The van der Waals surface area contributed by atoms with Gasteiger partial charge >= 0.3 is 13.3 Å². The second-order valence-electron chi connectivity index (χ2n) is 3.15. The van der Waals surface area contributed by atoms with Crippen molar-refractivity contribution in [3.63, 3.8) is 0 Å². The summed E-state index contributed by atoms with van der Waals surface area (Å²) in [5.74, 6) is 0. The lowest BCUT2D eigenvalue weighted by Crippen LogP contribution is -2.06. The SMILES string of the molecule is CCCCOP(=O)(OCCCC)C(=O)O. The first kappa shape index (κ1) is 14.6. The summed E-state index contributed by atoms with van der Waals surface area (Å²) in [6.07, 6.45) is 3.06. The molecule has 0 rings (SSSR count). The van der Waals surface area contributed by atoms with Crippen LogP contribution in [0, 0.1) is 0 Å². The molecule has 0 bridgehead atoms. The summed E-state index contributed by atoms with van der Waals surface area (Å²) in [6, 6.07) is 0. The molecule has 1 N–H and O–H groups in total. The minimum Gasteiger partial charge on any atom is -0.472 e. The Labute approximate surface area is 90.3 Å². The Hall–Kier alpha value is -0.380. The van der Waals surface area contributed by atoms with Gasteiger partial charge < -0.3 is 14.2 Å². The zero-order valence-electron chi connectivity index (χ0n) is 9.27. The molecule has 5 nitrogen and oxygen atoms in total. The Balaban J connectivity index is 4.08.